The van der Waals surface area contributed by atoms with E-state index in [4.69, 9.17) is 11.6 Å². The van der Waals surface area contributed by atoms with Crippen LogP contribution in [-0.2, 0) is 9.59 Å². The van der Waals surface area contributed by atoms with Gasteiger partial charge in [0.2, 0.25) is 5.91 Å². The zero-order chi connectivity index (χ0) is 15.5. The maximum absolute atomic E-state index is 13.0. The van der Waals surface area contributed by atoms with Gasteiger partial charge in [-0.15, -0.1) is 0 Å². The fraction of sp³-hybridized carbons (Fsp3) is 0.286. The fourth-order valence-electron chi connectivity index (χ4n) is 1.95. The summed E-state index contributed by atoms with van der Waals surface area (Å²) in [6.07, 6.45) is 3.07. The number of carboxylic acid groups (broad SMARTS) is 1. The Balaban J connectivity index is 2.05. The highest BCUT2D eigenvalue weighted by molar-refractivity contribution is 7.99. The number of thioether (sulfide) groups is 1. The van der Waals surface area contributed by atoms with E-state index in [2.05, 4.69) is 5.32 Å². The summed E-state index contributed by atoms with van der Waals surface area (Å²) in [4.78, 5) is 23.2. The van der Waals surface area contributed by atoms with E-state index in [1.165, 1.54) is 42.1 Å². The smallest absolute Gasteiger partial charge is 0.330 e. The average Bonchev–Trinajstić information content (AvgIpc) is 2.90. The van der Waals surface area contributed by atoms with Crippen molar-refractivity contribution in [3.05, 3.63) is 40.7 Å². The van der Waals surface area contributed by atoms with Gasteiger partial charge >= 0.3 is 5.97 Å². The molecule has 0 saturated carbocycles. The van der Waals surface area contributed by atoms with Crippen LogP contribution in [0.4, 0.5) is 4.39 Å². The summed E-state index contributed by atoms with van der Waals surface area (Å²) < 4.78 is 13.0. The van der Waals surface area contributed by atoms with E-state index in [-0.39, 0.29) is 5.02 Å². The molecule has 1 saturated heterocycles. The summed E-state index contributed by atoms with van der Waals surface area (Å²) in [6, 6.07) is 4.06. The second-order valence-electron chi connectivity index (χ2n) is 4.69. The molecule has 7 heteroatoms. The molecule has 2 N–H and O–H groups in total. The van der Waals surface area contributed by atoms with Crippen molar-refractivity contribution in [3.63, 3.8) is 0 Å². The van der Waals surface area contributed by atoms with Crippen molar-refractivity contribution in [2.45, 2.75) is 12.0 Å². The number of aliphatic carboxylic acids is 1. The van der Waals surface area contributed by atoms with Gasteiger partial charge in [-0.25, -0.2) is 9.18 Å². The number of halogens is 2. The quantitative estimate of drug-likeness (QED) is 0.833. The number of rotatable bonds is 4. The predicted octanol–water partition coefficient (Wildman–Crippen LogP) is 2.57. The Morgan fingerprint density at radius 3 is 2.81 bits per heavy atom. The van der Waals surface area contributed by atoms with Gasteiger partial charge in [0.05, 0.1) is 5.02 Å². The van der Waals surface area contributed by atoms with Gasteiger partial charge in [-0.2, -0.15) is 11.8 Å². The Morgan fingerprint density at radius 2 is 2.24 bits per heavy atom. The number of hydrogen-bond acceptors (Lipinski definition) is 3. The maximum atomic E-state index is 13.0. The SMILES string of the molecule is O=C(C=Cc1ccc(F)c(Cl)c1)NC1(C(=O)O)CCSC1. The molecular weight excluding hydrogens is 317 g/mol. The molecule has 0 radical (unpaired) electrons. The van der Waals surface area contributed by atoms with Crippen molar-refractivity contribution < 1.29 is 19.1 Å². The van der Waals surface area contributed by atoms with Gasteiger partial charge in [-0.3, -0.25) is 4.79 Å². The van der Waals surface area contributed by atoms with Gasteiger partial charge in [-0.1, -0.05) is 17.7 Å². The topological polar surface area (TPSA) is 66.4 Å². The third-order valence-corrected chi connectivity index (χ3v) is 4.64. The summed E-state index contributed by atoms with van der Waals surface area (Å²) in [7, 11) is 0. The molecule has 0 aromatic heterocycles. The van der Waals surface area contributed by atoms with Crippen molar-refractivity contribution in [3.8, 4) is 0 Å². The lowest BCUT2D eigenvalue weighted by atomic mass is 9.99. The number of amides is 1. The number of carbonyl (C=O) groups excluding carboxylic acids is 1. The molecule has 1 aliphatic rings. The van der Waals surface area contributed by atoms with Crippen LogP contribution < -0.4 is 5.32 Å². The first-order valence-electron chi connectivity index (χ1n) is 6.19. The molecule has 1 fully saturated rings. The first kappa shape index (κ1) is 15.9. The van der Waals surface area contributed by atoms with Gasteiger partial charge in [0.1, 0.15) is 11.4 Å². The lowest BCUT2D eigenvalue weighted by Gasteiger charge is -2.23. The molecule has 0 spiro atoms. The van der Waals surface area contributed by atoms with Crippen LogP contribution in [0, 0.1) is 5.82 Å². The van der Waals surface area contributed by atoms with Gasteiger partial charge in [0, 0.05) is 11.8 Å². The van der Waals surface area contributed by atoms with Crippen LogP contribution >= 0.6 is 23.4 Å². The molecule has 1 aromatic carbocycles. The van der Waals surface area contributed by atoms with Gasteiger partial charge in [0.15, 0.2) is 0 Å². The summed E-state index contributed by atoms with van der Waals surface area (Å²) in [5.41, 5.74) is -0.645. The van der Waals surface area contributed by atoms with Crippen LogP contribution in [0.3, 0.4) is 0 Å². The van der Waals surface area contributed by atoms with E-state index >= 15 is 0 Å². The molecule has 1 unspecified atom stereocenters. The molecule has 1 aromatic rings. The van der Waals surface area contributed by atoms with Gasteiger partial charge < -0.3 is 10.4 Å². The van der Waals surface area contributed by atoms with E-state index < -0.39 is 23.2 Å². The van der Waals surface area contributed by atoms with E-state index in [9.17, 15) is 19.1 Å². The summed E-state index contributed by atoms with van der Waals surface area (Å²) in [5.74, 6) is -1.01. The van der Waals surface area contributed by atoms with Crippen molar-refractivity contribution >= 4 is 41.3 Å². The van der Waals surface area contributed by atoms with Crippen molar-refractivity contribution in [2.75, 3.05) is 11.5 Å². The Kier molecular flexibility index (Phi) is 4.90. The zero-order valence-electron chi connectivity index (χ0n) is 10.9. The summed E-state index contributed by atoms with van der Waals surface area (Å²) in [6.45, 7) is 0. The minimum absolute atomic E-state index is 0.0354. The van der Waals surface area contributed by atoms with Gasteiger partial charge in [-0.05, 0) is 35.9 Å². The Labute approximate surface area is 130 Å². The molecular formula is C14H13ClFNO3S. The number of nitrogens with one attached hydrogen (secondary N) is 1. The molecule has 2 rings (SSSR count). The average molecular weight is 330 g/mol. The van der Waals surface area contributed by atoms with Crippen molar-refractivity contribution in [2.24, 2.45) is 0 Å². The largest absolute Gasteiger partial charge is 0.479 e. The third kappa shape index (κ3) is 3.77. The Hall–Kier alpha value is -1.53. The highest BCUT2D eigenvalue weighted by atomic mass is 35.5. The first-order chi connectivity index (χ1) is 9.93. The molecule has 1 heterocycles. The first-order valence-corrected chi connectivity index (χ1v) is 7.73. The minimum Gasteiger partial charge on any atom is -0.479 e. The normalized spacial score (nSPS) is 21.6. The van der Waals surface area contributed by atoms with E-state index in [1.807, 2.05) is 0 Å². The third-order valence-electron chi connectivity index (χ3n) is 3.16. The molecule has 0 aliphatic carbocycles. The Morgan fingerprint density at radius 1 is 1.48 bits per heavy atom. The summed E-state index contributed by atoms with van der Waals surface area (Å²) in [5, 5.41) is 11.8. The number of carbonyl (C=O) groups is 2. The van der Waals surface area contributed by atoms with Crippen LogP contribution in [0.25, 0.3) is 6.08 Å². The lowest BCUT2D eigenvalue weighted by molar-refractivity contribution is -0.145. The number of carboxylic acids is 1. The predicted molar refractivity (Wildman–Crippen MR) is 80.9 cm³/mol. The number of hydrogen-bond donors (Lipinski definition) is 2. The second kappa shape index (κ2) is 6.49. The van der Waals surface area contributed by atoms with Crippen LogP contribution in [0.15, 0.2) is 24.3 Å². The monoisotopic (exact) mass is 329 g/mol. The standard InChI is InChI=1S/C14H13ClFNO3S/c15-10-7-9(1-3-11(10)16)2-4-12(18)17-14(13(19)20)5-6-21-8-14/h1-4,7H,5-6,8H2,(H,17,18)(H,19,20). The fourth-order valence-corrected chi connectivity index (χ4v) is 3.47. The zero-order valence-corrected chi connectivity index (χ0v) is 12.5. The van der Waals surface area contributed by atoms with E-state index in [1.54, 1.807) is 0 Å². The van der Waals surface area contributed by atoms with E-state index in [0.717, 1.165) is 0 Å². The van der Waals surface area contributed by atoms with E-state index in [0.29, 0.717) is 23.5 Å². The van der Waals surface area contributed by atoms with Crippen molar-refractivity contribution in [1.82, 2.24) is 5.32 Å². The molecule has 112 valence electrons. The number of benzene rings is 1. The van der Waals surface area contributed by atoms with Crippen molar-refractivity contribution in [1.29, 1.82) is 0 Å². The Bertz CT molecular complexity index is 600. The molecule has 0 bridgehead atoms. The summed E-state index contributed by atoms with van der Waals surface area (Å²) >= 11 is 7.13. The highest BCUT2D eigenvalue weighted by Gasteiger charge is 2.42. The lowest BCUT2D eigenvalue weighted by Crippen LogP contribution is -2.54. The maximum Gasteiger partial charge on any atom is 0.330 e. The van der Waals surface area contributed by atoms with Crippen LogP contribution in [-0.4, -0.2) is 34.0 Å². The molecule has 1 aliphatic heterocycles. The minimum atomic E-state index is -1.20. The molecule has 21 heavy (non-hydrogen) atoms. The molecule has 1 atom stereocenters. The van der Waals surface area contributed by atoms with Gasteiger partial charge in [0.25, 0.3) is 0 Å². The molecule has 4 nitrogen and oxygen atoms in total. The van der Waals surface area contributed by atoms with Crippen LogP contribution in [0.5, 0.6) is 0 Å². The molecule has 1 amide bonds. The highest BCUT2D eigenvalue weighted by Crippen LogP contribution is 2.28. The van der Waals surface area contributed by atoms with Crippen LogP contribution in [0.1, 0.15) is 12.0 Å². The van der Waals surface area contributed by atoms with Crippen LogP contribution in [0.2, 0.25) is 5.02 Å². The second-order valence-corrected chi connectivity index (χ2v) is 6.20.